The first-order valence-electron chi connectivity index (χ1n) is 36.0. The fraction of sp³-hybridized carbons (Fsp3) is 0.838. The largest absolute Gasteiger partial charge is 0.472 e. The van der Waals surface area contributed by atoms with E-state index in [0.717, 1.165) is 64.2 Å². The van der Waals surface area contributed by atoms with Gasteiger partial charge in [0.15, 0.2) is 6.10 Å². The maximum Gasteiger partial charge on any atom is 0.472 e. The highest BCUT2D eigenvalue weighted by atomic mass is 31.2. The number of phosphoric acid groups is 1. The van der Waals surface area contributed by atoms with Crippen LogP contribution < -0.4 is 0 Å². The summed E-state index contributed by atoms with van der Waals surface area (Å²) in [6, 6.07) is 0. The lowest BCUT2D eigenvalue weighted by atomic mass is 10.0. The first-order chi connectivity index (χ1) is 41.0. The fourth-order valence-electron chi connectivity index (χ4n) is 10.6. The summed E-state index contributed by atoms with van der Waals surface area (Å²) in [4.78, 5) is 35.9. The van der Waals surface area contributed by atoms with Crippen LogP contribution in [-0.2, 0) is 32.7 Å². The number of carbonyl (C=O) groups excluding carboxylic acids is 2. The molecule has 0 spiro atoms. The van der Waals surface area contributed by atoms with Crippen molar-refractivity contribution in [1.82, 2.24) is 0 Å². The van der Waals surface area contributed by atoms with Crippen molar-refractivity contribution < 1.29 is 42.1 Å². The third kappa shape index (κ3) is 68.8. The van der Waals surface area contributed by atoms with Gasteiger partial charge in [0.05, 0.1) is 27.7 Å². The molecule has 492 valence electrons. The molecule has 2 unspecified atom stereocenters. The maximum absolute atomic E-state index is 12.9. The molecule has 0 saturated heterocycles. The minimum Gasteiger partial charge on any atom is -0.462 e. The predicted octanol–water partition coefficient (Wildman–Crippen LogP) is 23.4. The van der Waals surface area contributed by atoms with Crippen molar-refractivity contribution in [2.75, 3.05) is 47.5 Å². The maximum atomic E-state index is 12.9. The van der Waals surface area contributed by atoms with Crippen LogP contribution in [0.3, 0.4) is 0 Å². The van der Waals surface area contributed by atoms with E-state index in [-0.39, 0.29) is 25.6 Å². The van der Waals surface area contributed by atoms with E-state index in [1.165, 1.54) is 250 Å². The second-order valence-electron chi connectivity index (χ2n) is 25.6. The Morgan fingerprint density at radius 2 is 0.679 bits per heavy atom. The molecule has 0 heterocycles. The summed E-state index contributed by atoms with van der Waals surface area (Å²) in [6.45, 7) is 4.39. The Hall–Kier alpha value is -2.29. The number of esters is 2. The van der Waals surface area contributed by atoms with Gasteiger partial charge in [0.25, 0.3) is 0 Å². The van der Waals surface area contributed by atoms with Crippen molar-refractivity contribution in [1.29, 1.82) is 0 Å². The minimum absolute atomic E-state index is 0.0346. The van der Waals surface area contributed by atoms with Crippen LogP contribution in [0.1, 0.15) is 348 Å². The van der Waals surface area contributed by atoms with Gasteiger partial charge in [-0.2, -0.15) is 0 Å². The molecule has 9 nitrogen and oxygen atoms in total. The lowest BCUT2D eigenvalue weighted by Gasteiger charge is -2.24. The molecule has 1 N–H and O–H groups in total. The Bertz CT molecular complexity index is 1600. The molecule has 0 aromatic carbocycles. The molecule has 0 rings (SSSR count). The van der Waals surface area contributed by atoms with Crippen LogP contribution in [0.15, 0.2) is 60.8 Å². The molecule has 0 amide bonds. The molecule has 0 saturated carbocycles. The Balaban J connectivity index is 3.92. The summed E-state index contributed by atoms with van der Waals surface area (Å²) < 4.78 is 34.7. The van der Waals surface area contributed by atoms with Gasteiger partial charge < -0.3 is 18.9 Å². The molecular weight excluding hydrogens is 1060 g/mol. The molecule has 0 fully saturated rings. The molecular formula is C74H139NO8P+. The van der Waals surface area contributed by atoms with Gasteiger partial charge in [-0.15, -0.1) is 0 Å². The highest BCUT2D eigenvalue weighted by Gasteiger charge is 2.27. The number of rotatable bonds is 67. The third-order valence-corrected chi connectivity index (χ3v) is 17.0. The average Bonchev–Trinajstić information content (AvgIpc) is 3.61. The molecule has 0 bridgehead atoms. The number of unbranched alkanes of at least 4 members (excludes halogenated alkanes) is 43. The monoisotopic (exact) mass is 1200 g/mol. The number of hydrogen-bond donors (Lipinski definition) is 1. The lowest BCUT2D eigenvalue weighted by molar-refractivity contribution is -0.870. The van der Waals surface area contributed by atoms with E-state index in [1.54, 1.807) is 0 Å². The molecule has 0 radical (unpaired) electrons. The van der Waals surface area contributed by atoms with Crippen molar-refractivity contribution in [2.45, 2.75) is 354 Å². The normalized spacial score (nSPS) is 13.5. The Morgan fingerprint density at radius 1 is 0.381 bits per heavy atom. The summed E-state index contributed by atoms with van der Waals surface area (Å²) in [7, 11) is 1.50. The number of carbonyl (C=O) groups is 2. The van der Waals surface area contributed by atoms with Crippen molar-refractivity contribution in [3.05, 3.63) is 60.8 Å². The van der Waals surface area contributed by atoms with Crippen molar-refractivity contribution in [3.8, 4) is 0 Å². The minimum atomic E-state index is -4.39. The topological polar surface area (TPSA) is 108 Å². The van der Waals surface area contributed by atoms with Crippen molar-refractivity contribution >= 4 is 19.8 Å². The van der Waals surface area contributed by atoms with Crippen LogP contribution in [0, 0.1) is 0 Å². The first-order valence-corrected chi connectivity index (χ1v) is 37.5. The first kappa shape index (κ1) is 81.7. The van der Waals surface area contributed by atoms with Gasteiger partial charge in [-0.3, -0.25) is 18.6 Å². The Morgan fingerprint density at radius 3 is 1.01 bits per heavy atom. The fourth-order valence-corrected chi connectivity index (χ4v) is 11.3. The van der Waals surface area contributed by atoms with Crippen LogP contribution in [-0.4, -0.2) is 74.9 Å². The molecule has 0 aromatic rings. The quantitative estimate of drug-likeness (QED) is 0.0211. The van der Waals surface area contributed by atoms with Crippen LogP contribution >= 0.6 is 7.82 Å². The van der Waals surface area contributed by atoms with Crippen LogP contribution in [0.5, 0.6) is 0 Å². The van der Waals surface area contributed by atoms with E-state index >= 15 is 0 Å². The number of likely N-dealkylation sites (N-methyl/N-ethyl adjacent to an activating group) is 1. The number of nitrogens with zero attached hydrogens (tertiary/aromatic N) is 1. The number of ether oxygens (including phenoxy) is 2. The van der Waals surface area contributed by atoms with Gasteiger partial charge >= 0.3 is 19.8 Å². The van der Waals surface area contributed by atoms with Crippen molar-refractivity contribution in [3.63, 3.8) is 0 Å². The highest BCUT2D eigenvalue weighted by molar-refractivity contribution is 7.47. The second-order valence-corrected chi connectivity index (χ2v) is 27.1. The lowest BCUT2D eigenvalue weighted by Crippen LogP contribution is -2.37. The van der Waals surface area contributed by atoms with Gasteiger partial charge in [0.1, 0.15) is 19.8 Å². The standard InChI is InChI=1S/C74H138NO8P/c1-6-8-10-12-14-16-18-20-22-24-26-28-29-30-31-32-33-34-35-36-37-38-39-40-41-42-43-44-45-47-49-51-53-55-57-59-61-63-65-67-74(77)83-72(71-82-84(78,79)81-69-68-75(3,4)5)70-80-73(76)66-64-62-60-58-56-54-52-50-48-46-27-25-23-21-19-17-15-13-11-9-7-2/h8,10,14,16,20,22,26,28,30-31,72H,6-7,9,11-13,15,17-19,21,23-25,27,29,32-71H2,1-5H3/p+1/b10-8-,16-14-,22-20-,28-26-,31-30-. The van der Waals surface area contributed by atoms with Gasteiger partial charge in [-0.1, -0.05) is 338 Å². The van der Waals surface area contributed by atoms with Crippen LogP contribution in [0.25, 0.3) is 0 Å². The smallest absolute Gasteiger partial charge is 0.462 e. The van der Waals surface area contributed by atoms with Gasteiger partial charge in [-0.05, 0) is 57.8 Å². The predicted molar refractivity (Wildman–Crippen MR) is 363 cm³/mol. The van der Waals surface area contributed by atoms with E-state index in [4.69, 9.17) is 18.5 Å². The molecule has 0 aliphatic heterocycles. The molecule has 2 atom stereocenters. The van der Waals surface area contributed by atoms with E-state index in [1.807, 2.05) is 21.1 Å². The Labute approximate surface area is 521 Å². The zero-order valence-corrected chi connectivity index (χ0v) is 57.0. The van der Waals surface area contributed by atoms with E-state index in [0.29, 0.717) is 23.9 Å². The molecule has 10 heteroatoms. The van der Waals surface area contributed by atoms with Gasteiger partial charge in [0.2, 0.25) is 0 Å². The van der Waals surface area contributed by atoms with Gasteiger partial charge in [0, 0.05) is 12.8 Å². The highest BCUT2D eigenvalue weighted by Crippen LogP contribution is 2.43. The number of quaternary nitrogens is 1. The van der Waals surface area contributed by atoms with E-state index in [2.05, 4.69) is 74.6 Å². The van der Waals surface area contributed by atoms with E-state index < -0.39 is 26.5 Å². The number of hydrogen-bond acceptors (Lipinski definition) is 7. The van der Waals surface area contributed by atoms with Crippen LogP contribution in [0.2, 0.25) is 0 Å². The third-order valence-electron chi connectivity index (χ3n) is 16.1. The average molecular weight is 1200 g/mol. The van der Waals surface area contributed by atoms with Crippen molar-refractivity contribution in [2.24, 2.45) is 0 Å². The van der Waals surface area contributed by atoms with Crippen LogP contribution in [0.4, 0.5) is 0 Å². The number of allylic oxidation sites excluding steroid dienone is 10. The SMILES string of the molecule is CC/C=C\C/C=C\C/C=C\C/C=C\C/C=C\CCCCCCCCCCCCCCCCCCCCCCCCCC(=O)OC(COC(=O)CCCCCCCCCCCCCCCCCCCCCCC)COP(=O)(O)OCC[N+](C)(C)C. The summed E-state index contributed by atoms with van der Waals surface area (Å²) in [5, 5.41) is 0. The summed E-state index contributed by atoms with van der Waals surface area (Å²) >= 11 is 0. The number of phosphoric ester groups is 1. The van der Waals surface area contributed by atoms with Gasteiger partial charge in [-0.25, -0.2) is 4.57 Å². The molecule has 84 heavy (non-hydrogen) atoms. The summed E-state index contributed by atoms with van der Waals surface area (Å²) in [5.41, 5.74) is 0. The van der Waals surface area contributed by atoms with E-state index in [9.17, 15) is 19.0 Å². The Kier molecular flexibility index (Phi) is 63.4. The molecule has 0 aliphatic rings. The second kappa shape index (κ2) is 65.2. The zero-order chi connectivity index (χ0) is 61.2. The zero-order valence-electron chi connectivity index (χ0n) is 56.1. The summed E-state index contributed by atoms with van der Waals surface area (Å²) in [6.07, 6.45) is 86.3. The molecule has 0 aliphatic carbocycles. The summed E-state index contributed by atoms with van der Waals surface area (Å²) in [5.74, 6) is -0.775. The molecule has 0 aromatic heterocycles.